The van der Waals surface area contributed by atoms with Crippen LogP contribution in [-0.2, 0) is 16.1 Å². The quantitative estimate of drug-likeness (QED) is 0.743. The summed E-state index contributed by atoms with van der Waals surface area (Å²) in [6.45, 7) is 7.35. The van der Waals surface area contributed by atoms with Gasteiger partial charge in [-0.1, -0.05) is 0 Å². The van der Waals surface area contributed by atoms with Crippen molar-refractivity contribution in [3.8, 4) is 11.5 Å². The van der Waals surface area contributed by atoms with Crippen molar-refractivity contribution in [1.82, 2.24) is 4.90 Å². The largest absolute Gasteiger partial charge is 0.459 e. The second-order valence-corrected chi connectivity index (χ2v) is 6.69. The minimum atomic E-state index is -0.483. The third-order valence-electron chi connectivity index (χ3n) is 3.64. The van der Waals surface area contributed by atoms with E-state index in [1.165, 1.54) is 0 Å². The summed E-state index contributed by atoms with van der Waals surface area (Å²) in [4.78, 5) is 14.6. The third-order valence-corrected chi connectivity index (χ3v) is 3.64. The Balaban J connectivity index is 1.95. The fourth-order valence-corrected chi connectivity index (χ4v) is 2.80. The van der Waals surface area contributed by atoms with E-state index < -0.39 is 5.60 Å². The van der Waals surface area contributed by atoms with E-state index in [1.54, 1.807) is 0 Å². The Morgan fingerprint density at radius 1 is 1.29 bits per heavy atom. The van der Waals surface area contributed by atoms with Gasteiger partial charge in [0, 0.05) is 13.1 Å². The van der Waals surface area contributed by atoms with Crippen molar-refractivity contribution in [3.05, 3.63) is 23.3 Å². The molecule has 0 radical (unpaired) electrons. The van der Waals surface area contributed by atoms with Crippen LogP contribution < -0.4 is 9.47 Å². The average Bonchev–Trinajstić information content (AvgIpc) is 2.80. The average molecular weight is 291 g/mol. The summed E-state index contributed by atoms with van der Waals surface area (Å²) in [6.07, 6.45) is 0. The van der Waals surface area contributed by atoms with E-state index in [-0.39, 0.29) is 18.7 Å². The first-order valence-electron chi connectivity index (χ1n) is 7.17. The van der Waals surface area contributed by atoms with Crippen LogP contribution in [0.5, 0.6) is 11.5 Å². The molecule has 0 amide bonds. The molecule has 0 bridgehead atoms. The first kappa shape index (κ1) is 14.2. The van der Waals surface area contributed by atoms with Crippen LogP contribution in [0.2, 0.25) is 0 Å². The number of ether oxygens (including phenoxy) is 3. The maximum Gasteiger partial charge on any atom is 0.315 e. The highest BCUT2D eigenvalue weighted by Gasteiger charge is 2.34. The Morgan fingerprint density at radius 3 is 2.62 bits per heavy atom. The zero-order valence-electron chi connectivity index (χ0n) is 12.9. The number of carbonyl (C=O) groups is 1. The fraction of sp³-hybridized carbons (Fsp3) is 0.562. The number of likely N-dealkylation sites (N-methyl/N-ethyl adjacent to an activating group) is 1. The zero-order valence-corrected chi connectivity index (χ0v) is 12.9. The van der Waals surface area contributed by atoms with Crippen molar-refractivity contribution in [3.63, 3.8) is 0 Å². The summed E-state index contributed by atoms with van der Waals surface area (Å²) < 4.78 is 16.4. The van der Waals surface area contributed by atoms with Crippen LogP contribution >= 0.6 is 0 Å². The number of hydrogen-bond acceptors (Lipinski definition) is 5. The van der Waals surface area contributed by atoms with Gasteiger partial charge in [-0.3, -0.25) is 4.79 Å². The standard InChI is InChI=1S/C16H21NO4/c1-16(2,3)21-15(18)12-8-17(4)7-10-5-13-14(6-11(10)12)20-9-19-13/h5-6,12H,7-9H2,1-4H3. The third kappa shape index (κ3) is 2.83. The van der Waals surface area contributed by atoms with Gasteiger partial charge in [0.15, 0.2) is 11.5 Å². The number of benzene rings is 1. The van der Waals surface area contributed by atoms with E-state index in [4.69, 9.17) is 14.2 Å². The van der Waals surface area contributed by atoms with E-state index in [9.17, 15) is 4.79 Å². The molecular formula is C16H21NO4. The molecule has 0 aromatic heterocycles. The minimum absolute atomic E-state index is 0.186. The highest BCUT2D eigenvalue weighted by Crippen LogP contribution is 2.40. The SMILES string of the molecule is CN1Cc2cc3c(cc2C(C(=O)OC(C)(C)C)C1)OCO3. The Labute approximate surface area is 124 Å². The summed E-state index contributed by atoms with van der Waals surface area (Å²) in [5.41, 5.74) is 1.61. The molecule has 0 saturated heterocycles. The van der Waals surface area contributed by atoms with Gasteiger partial charge < -0.3 is 19.1 Å². The molecule has 0 saturated carbocycles. The van der Waals surface area contributed by atoms with Gasteiger partial charge >= 0.3 is 5.97 Å². The van der Waals surface area contributed by atoms with Crippen molar-refractivity contribution in [2.45, 2.75) is 38.8 Å². The molecule has 0 N–H and O–H groups in total. The van der Waals surface area contributed by atoms with E-state index in [1.807, 2.05) is 40.0 Å². The van der Waals surface area contributed by atoms with E-state index in [0.717, 1.165) is 23.4 Å². The van der Waals surface area contributed by atoms with E-state index in [0.29, 0.717) is 12.3 Å². The van der Waals surface area contributed by atoms with Crippen LogP contribution in [0.25, 0.3) is 0 Å². The van der Waals surface area contributed by atoms with Crippen molar-refractivity contribution in [2.75, 3.05) is 20.4 Å². The fourth-order valence-electron chi connectivity index (χ4n) is 2.80. The molecule has 1 atom stereocenters. The van der Waals surface area contributed by atoms with Gasteiger partial charge in [-0.05, 0) is 51.1 Å². The first-order valence-corrected chi connectivity index (χ1v) is 7.17. The van der Waals surface area contributed by atoms with Crippen LogP contribution in [0.1, 0.15) is 37.8 Å². The van der Waals surface area contributed by atoms with Crippen molar-refractivity contribution < 1.29 is 19.0 Å². The lowest BCUT2D eigenvalue weighted by Crippen LogP contribution is -2.37. The molecule has 1 aromatic carbocycles. The number of esters is 1. The van der Waals surface area contributed by atoms with Gasteiger partial charge in [0.25, 0.3) is 0 Å². The summed E-state index contributed by atoms with van der Waals surface area (Å²) in [5.74, 6) is 1.00. The van der Waals surface area contributed by atoms with E-state index >= 15 is 0 Å². The topological polar surface area (TPSA) is 48.0 Å². The maximum absolute atomic E-state index is 12.5. The normalized spacial score (nSPS) is 21.0. The van der Waals surface area contributed by atoms with Crippen LogP contribution in [0.3, 0.4) is 0 Å². The monoisotopic (exact) mass is 291 g/mol. The van der Waals surface area contributed by atoms with Crippen molar-refractivity contribution in [2.24, 2.45) is 0 Å². The van der Waals surface area contributed by atoms with Crippen molar-refractivity contribution >= 4 is 5.97 Å². The predicted octanol–water partition coefficient (Wildman–Crippen LogP) is 2.29. The lowest BCUT2D eigenvalue weighted by atomic mass is 9.89. The summed E-state index contributed by atoms with van der Waals surface area (Å²) >= 11 is 0. The highest BCUT2D eigenvalue weighted by molar-refractivity contribution is 5.80. The van der Waals surface area contributed by atoms with Gasteiger partial charge in [-0.2, -0.15) is 0 Å². The maximum atomic E-state index is 12.5. The summed E-state index contributed by atoms with van der Waals surface area (Å²) in [6, 6.07) is 3.91. The molecule has 2 heterocycles. The first-order chi connectivity index (χ1) is 9.83. The number of nitrogens with zero attached hydrogens (tertiary/aromatic N) is 1. The number of hydrogen-bond donors (Lipinski definition) is 0. The second-order valence-electron chi connectivity index (χ2n) is 6.69. The Kier molecular flexibility index (Phi) is 3.32. The van der Waals surface area contributed by atoms with E-state index in [2.05, 4.69) is 4.90 Å². The zero-order chi connectivity index (χ0) is 15.2. The van der Waals surface area contributed by atoms with Gasteiger partial charge in [0.2, 0.25) is 6.79 Å². The molecule has 0 fully saturated rings. The molecule has 21 heavy (non-hydrogen) atoms. The molecule has 2 aliphatic heterocycles. The predicted molar refractivity (Wildman–Crippen MR) is 77.5 cm³/mol. The van der Waals surface area contributed by atoms with Crippen LogP contribution in [0.4, 0.5) is 0 Å². The smallest absolute Gasteiger partial charge is 0.315 e. The van der Waals surface area contributed by atoms with Crippen LogP contribution in [0.15, 0.2) is 12.1 Å². The molecule has 1 unspecified atom stereocenters. The summed E-state index contributed by atoms with van der Waals surface area (Å²) in [5, 5.41) is 0. The molecule has 114 valence electrons. The molecule has 5 nitrogen and oxygen atoms in total. The van der Waals surface area contributed by atoms with Crippen molar-refractivity contribution in [1.29, 1.82) is 0 Å². The molecule has 5 heteroatoms. The Morgan fingerprint density at radius 2 is 1.95 bits per heavy atom. The van der Waals surface area contributed by atoms with Gasteiger partial charge in [-0.15, -0.1) is 0 Å². The van der Waals surface area contributed by atoms with Gasteiger partial charge in [0.05, 0.1) is 5.92 Å². The van der Waals surface area contributed by atoms with Crippen LogP contribution in [0, 0.1) is 0 Å². The molecule has 0 spiro atoms. The van der Waals surface area contributed by atoms with Crippen LogP contribution in [-0.4, -0.2) is 36.9 Å². The lowest BCUT2D eigenvalue weighted by Gasteiger charge is -2.33. The minimum Gasteiger partial charge on any atom is -0.459 e. The lowest BCUT2D eigenvalue weighted by molar-refractivity contribution is -0.157. The van der Waals surface area contributed by atoms with Gasteiger partial charge in [-0.25, -0.2) is 0 Å². The second kappa shape index (κ2) is 4.91. The number of fused-ring (bicyclic) bond motifs is 2. The summed E-state index contributed by atoms with van der Waals surface area (Å²) in [7, 11) is 2.00. The Hall–Kier alpha value is -1.75. The molecule has 3 rings (SSSR count). The molecular weight excluding hydrogens is 270 g/mol. The highest BCUT2D eigenvalue weighted by atomic mass is 16.7. The number of rotatable bonds is 1. The number of carbonyl (C=O) groups excluding carboxylic acids is 1. The molecule has 0 aliphatic carbocycles. The molecule has 1 aromatic rings. The molecule has 2 aliphatic rings. The van der Waals surface area contributed by atoms with Gasteiger partial charge in [0.1, 0.15) is 5.60 Å². The Bertz CT molecular complexity index is 576.